The zero-order chi connectivity index (χ0) is 14.8. The first-order valence-corrected chi connectivity index (χ1v) is 8.27. The Kier molecular flexibility index (Phi) is 8.69. The maximum Gasteiger partial charge on any atom is 0.0472 e. The van der Waals surface area contributed by atoms with Gasteiger partial charge in [-0.3, -0.25) is 0 Å². The Balaban J connectivity index is 2.57. The highest BCUT2D eigenvalue weighted by molar-refractivity contribution is 4.87. The van der Waals surface area contributed by atoms with Crippen LogP contribution in [0.4, 0.5) is 0 Å². The van der Waals surface area contributed by atoms with E-state index in [4.69, 9.17) is 4.74 Å². The number of nitrogens with one attached hydrogen (secondary N) is 1. The van der Waals surface area contributed by atoms with E-state index in [9.17, 15) is 0 Å². The van der Waals surface area contributed by atoms with Gasteiger partial charge < -0.3 is 19.9 Å². The summed E-state index contributed by atoms with van der Waals surface area (Å²) in [6, 6.07) is 0. The highest BCUT2D eigenvalue weighted by Crippen LogP contribution is 2.31. The molecule has 0 aromatic rings. The molecular weight excluding hydrogens is 250 g/mol. The van der Waals surface area contributed by atoms with Crippen LogP contribution in [0.5, 0.6) is 0 Å². The fraction of sp³-hybridized carbons (Fsp3) is 1.00. The lowest BCUT2D eigenvalue weighted by Crippen LogP contribution is -2.48. The summed E-state index contributed by atoms with van der Waals surface area (Å²) in [5.41, 5.74) is 0.412. The third-order valence-corrected chi connectivity index (χ3v) is 4.27. The van der Waals surface area contributed by atoms with E-state index < -0.39 is 0 Å². The molecule has 0 aromatic carbocycles. The van der Waals surface area contributed by atoms with Crippen LogP contribution in [0.1, 0.15) is 33.1 Å². The third kappa shape index (κ3) is 6.53. The SMILES string of the molecule is CCCN(CCN(C)C)CC1(CNCC)CCOCC1. The van der Waals surface area contributed by atoms with E-state index in [0.717, 1.165) is 32.8 Å². The summed E-state index contributed by atoms with van der Waals surface area (Å²) in [7, 11) is 4.32. The van der Waals surface area contributed by atoms with Gasteiger partial charge in [0.05, 0.1) is 0 Å². The van der Waals surface area contributed by atoms with Crippen molar-refractivity contribution in [2.45, 2.75) is 33.1 Å². The molecule has 0 saturated carbocycles. The molecule has 0 radical (unpaired) electrons. The van der Waals surface area contributed by atoms with E-state index in [1.54, 1.807) is 0 Å². The third-order valence-electron chi connectivity index (χ3n) is 4.27. The summed E-state index contributed by atoms with van der Waals surface area (Å²) in [6.45, 7) is 13.3. The Hall–Kier alpha value is -0.160. The Morgan fingerprint density at radius 2 is 1.75 bits per heavy atom. The Morgan fingerprint density at radius 3 is 2.30 bits per heavy atom. The highest BCUT2D eigenvalue weighted by atomic mass is 16.5. The first-order chi connectivity index (χ1) is 9.62. The Bertz CT molecular complexity index is 240. The lowest BCUT2D eigenvalue weighted by atomic mass is 9.79. The maximum absolute atomic E-state index is 5.59. The number of nitrogens with zero attached hydrogens (tertiary/aromatic N) is 2. The van der Waals surface area contributed by atoms with Gasteiger partial charge in [0, 0.05) is 39.4 Å². The molecule has 0 aromatic heterocycles. The molecule has 1 rings (SSSR count). The fourth-order valence-corrected chi connectivity index (χ4v) is 2.99. The van der Waals surface area contributed by atoms with Crippen LogP contribution in [0, 0.1) is 5.41 Å². The van der Waals surface area contributed by atoms with Crippen molar-refractivity contribution in [3.05, 3.63) is 0 Å². The minimum absolute atomic E-state index is 0.412. The summed E-state index contributed by atoms with van der Waals surface area (Å²) >= 11 is 0. The van der Waals surface area contributed by atoms with Crippen LogP contribution in [-0.4, -0.2) is 76.4 Å². The predicted molar refractivity (Wildman–Crippen MR) is 86.3 cm³/mol. The molecule has 1 aliphatic heterocycles. The molecule has 1 heterocycles. The van der Waals surface area contributed by atoms with Crippen LogP contribution < -0.4 is 5.32 Å². The van der Waals surface area contributed by atoms with Crippen LogP contribution in [0.3, 0.4) is 0 Å². The van der Waals surface area contributed by atoms with Crippen LogP contribution in [0.25, 0.3) is 0 Å². The molecule has 1 fully saturated rings. The van der Waals surface area contributed by atoms with Gasteiger partial charge in [-0.15, -0.1) is 0 Å². The predicted octanol–water partition coefficient (Wildman–Crippen LogP) is 1.67. The molecule has 4 heteroatoms. The minimum atomic E-state index is 0.412. The molecule has 0 spiro atoms. The fourth-order valence-electron chi connectivity index (χ4n) is 2.99. The van der Waals surface area contributed by atoms with E-state index in [-0.39, 0.29) is 0 Å². The van der Waals surface area contributed by atoms with Crippen molar-refractivity contribution < 1.29 is 4.74 Å². The second-order valence-corrected chi connectivity index (χ2v) is 6.47. The van der Waals surface area contributed by atoms with Gasteiger partial charge in [-0.25, -0.2) is 0 Å². The van der Waals surface area contributed by atoms with Crippen molar-refractivity contribution in [1.29, 1.82) is 0 Å². The van der Waals surface area contributed by atoms with Crippen LogP contribution >= 0.6 is 0 Å². The van der Waals surface area contributed by atoms with Crippen molar-refractivity contribution in [3.63, 3.8) is 0 Å². The van der Waals surface area contributed by atoms with Gasteiger partial charge in [0.2, 0.25) is 0 Å². The zero-order valence-corrected chi connectivity index (χ0v) is 14.1. The minimum Gasteiger partial charge on any atom is -0.381 e. The van der Waals surface area contributed by atoms with Crippen molar-refractivity contribution in [2.24, 2.45) is 5.41 Å². The van der Waals surface area contributed by atoms with E-state index >= 15 is 0 Å². The second kappa shape index (κ2) is 9.72. The summed E-state index contributed by atoms with van der Waals surface area (Å²) in [5, 5.41) is 3.58. The van der Waals surface area contributed by atoms with E-state index in [1.807, 2.05) is 0 Å². The summed E-state index contributed by atoms with van der Waals surface area (Å²) in [6.07, 6.45) is 3.63. The van der Waals surface area contributed by atoms with Crippen molar-refractivity contribution in [1.82, 2.24) is 15.1 Å². The number of likely N-dealkylation sites (N-methyl/N-ethyl adjacent to an activating group) is 1. The number of hydrogen-bond donors (Lipinski definition) is 1. The van der Waals surface area contributed by atoms with Crippen LogP contribution in [0.2, 0.25) is 0 Å². The van der Waals surface area contributed by atoms with Gasteiger partial charge in [-0.1, -0.05) is 13.8 Å². The molecule has 0 bridgehead atoms. The lowest BCUT2D eigenvalue weighted by Gasteiger charge is -2.41. The summed E-state index contributed by atoms with van der Waals surface area (Å²) < 4.78 is 5.59. The Morgan fingerprint density at radius 1 is 1.05 bits per heavy atom. The molecular formula is C16H35N3O. The number of rotatable bonds is 10. The van der Waals surface area contributed by atoms with Gasteiger partial charge in [-0.2, -0.15) is 0 Å². The lowest BCUT2D eigenvalue weighted by molar-refractivity contribution is -0.00489. The second-order valence-electron chi connectivity index (χ2n) is 6.47. The monoisotopic (exact) mass is 285 g/mol. The quantitative estimate of drug-likeness (QED) is 0.661. The molecule has 0 aliphatic carbocycles. The van der Waals surface area contributed by atoms with Gasteiger partial charge in [0.15, 0.2) is 0 Å². The average molecular weight is 285 g/mol. The molecule has 0 unspecified atom stereocenters. The largest absolute Gasteiger partial charge is 0.381 e. The topological polar surface area (TPSA) is 27.7 Å². The standard InChI is InChI=1S/C16H35N3O/c1-5-9-19(11-10-18(3)4)15-16(14-17-6-2)7-12-20-13-8-16/h17H,5-15H2,1-4H3. The van der Waals surface area contributed by atoms with Gasteiger partial charge in [0.25, 0.3) is 0 Å². The molecule has 20 heavy (non-hydrogen) atoms. The first kappa shape index (κ1) is 17.9. The number of ether oxygens (including phenoxy) is 1. The zero-order valence-electron chi connectivity index (χ0n) is 14.1. The molecule has 4 nitrogen and oxygen atoms in total. The van der Waals surface area contributed by atoms with E-state index in [2.05, 4.69) is 43.1 Å². The van der Waals surface area contributed by atoms with Gasteiger partial charge >= 0.3 is 0 Å². The van der Waals surface area contributed by atoms with Gasteiger partial charge in [-0.05, 0) is 51.9 Å². The normalized spacial score (nSPS) is 18.9. The van der Waals surface area contributed by atoms with E-state index in [0.29, 0.717) is 5.41 Å². The van der Waals surface area contributed by atoms with Crippen LogP contribution in [0.15, 0.2) is 0 Å². The highest BCUT2D eigenvalue weighted by Gasteiger charge is 2.33. The van der Waals surface area contributed by atoms with E-state index in [1.165, 1.54) is 38.9 Å². The van der Waals surface area contributed by atoms with Gasteiger partial charge in [0.1, 0.15) is 0 Å². The molecule has 120 valence electrons. The summed E-state index contributed by atoms with van der Waals surface area (Å²) in [5.74, 6) is 0. The van der Waals surface area contributed by atoms with Crippen molar-refractivity contribution in [3.8, 4) is 0 Å². The van der Waals surface area contributed by atoms with Crippen molar-refractivity contribution in [2.75, 3.05) is 66.6 Å². The number of hydrogen-bond acceptors (Lipinski definition) is 4. The molecule has 0 amide bonds. The molecule has 1 saturated heterocycles. The van der Waals surface area contributed by atoms with Crippen molar-refractivity contribution >= 4 is 0 Å². The van der Waals surface area contributed by atoms with Crippen LogP contribution in [-0.2, 0) is 4.74 Å². The first-order valence-electron chi connectivity index (χ1n) is 8.27. The summed E-state index contributed by atoms with van der Waals surface area (Å²) in [4.78, 5) is 4.94. The molecule has 1 N–H and O–H groups in total. The Labute approximate surface area is 125 Å². The maximum atomic E-state index is 5.59. The average Bonchev–Trinajstić information content (AvgIpc) is 2.44. The molecule has 1 aliphatic rings. The smallest absolute Gasteiger partial charge is 0.0472 e. The molecule has 0 atom stereocenters.